The van der Waals surface area contributed by atoms with Crippen LogP contribution in [0.1, 0.15) is 38.1 Å². The van der Waals surface area contributed by atoms with Crippen molar-refractivity contribution in [2.45, 2.75) is 39.3 Å². The molecule has 0 aliphatic carbocycles. The quantitative estimate of drug-likeness (QED) is 0.898. The molecule has 0 saturated carbocycles. The van der Waals surface area contributed by atoms with Crippen LogP contribution in [0.15, 0.2) is 24.3 Å². The molecule has 0 aliphatic rings. The van der Waals surface area contributed by atoms with E-state index >= 15 is 0 Å². The van der Waals surface area contributed by atoms with Crippen LogP contribution < -0.4 is 4.74 Å². The van der Waals surface area contributed by atoms with Gasteiger partial charge in [0.15, 0.2) is 0 Å². The minimum atomic E-state index is -1.26. The largest absolute Gasteiger partial charge is 0.491 e. The lowest BCUT2D eigenvalue weighted by Crippen LogP contribution is -2.50. The lowest BCUT2D eigenvalue weighted by molar-refractivity contribution is -0.147. The van der Waals surface area contributed by atoms with Gasteiger partial charge in [0.25, 0.3) is 5.91 Å². The average Bonchev–Trinajstić information content (AvgIpc) is 2.37. The third kappa shape index (κ3) is 3.50. The Labute approximate surface area is 119 Å². The molecule has 0 aliphatic heterocycles. The molecule has 0 aromatic heterocycles. The Bertz CT molecular complexity index is 491. The highest BCUT2D eigenvalue weighted by Gasteiger charge is 2.35. The Morgan fingerprint density at radius 1 is 1.20 bits per heavy atom. The minimum absolute atomic E-state index is 0.0603. The zero-order chi connectivity index (χ0) is 15.5. The van der Waals surface area contributed by atoms with Gasteiger partial charge in [0.2, 0.25) is 0 Å². The van der Waals surface area contributed by atoms with Gasteiger partial charge < -0.3 is 14.7 Å². The first-order valence-corrected chi connectivity index (χ1v) is 6.44. The maximum Gasteiger partial charge on any atom is 0.329 e. The van der Waals surface area contributed by atoms with Crippen molar-refractivity contribution in [1.82, 2.24) is 4.90 Å². The van der Waals surface area contributed by atoms with Crippen LogP contribution in [0.3, 0.4) is 0 Å². The van der Waals surface area contributed by atoms with Crippen molar-refractivity contribution in [2.24, 2.45) is 0 Å². The van der Waals surface area contributed by atoms with E-state index in [1.807, 2.05) is 13.8 Å². The maximum atomic E-state index is 12.3. The van der Waals surface area contributed by atoms with Gasteiger partial charge in [0, 0.05) is 12.6 Å². The zero-order valence-corrected chi connectivity index (χ0v) is 12.5. The van der Waals surface area contributed by atoms with Gasteiger partial charge in [0.05, 0.1) is 6.10 Å². The highest BCUT2D eigenvalue weighted by atomic mass is 16.5. The number of ether oxygens (including phenoxy) is 1. The highest BCUT2D eigenvalue weighted by molar-refractivity contribution is 5.97. The number of rotatable bonds is 5. The van der Waals surface area contributed by atoms with Crippen LogP contribution in [0, 0.1) is 0 Å². The Morgan fingerprint density at radius 2 is 1.70 bits per heavy atom. The standard InChI is InChI=1S/C15H21NO4/c1-10(2)20-12-8-6-11(7-9-12)13(17)16(5)15(3,4)14(18)19/h6-10H,1-5H3,(H,18,19). The van der Waals surface area contributed by atoms with Crippen molar-refractivity contribution in [3.8, 4) is 5.75 Å². The van der Waals surface area contributed by atoms with Gasteiger partial charge in [-0.3, -0.25) is 4.79 Å². The summed E-state index contributed by atoms with van der Waals surface area (Å²) in [6.07, 6.45) is 0.0603. The van der Waals surface area contributed by atoms with E-state index in [0.717, 1.165) is 0 Å². The van der Waals surface area contributed by atoms with E-state index in [1.54, 1.807) is 24.3 Å². The number of hydrogen-bond acceptors (Lipinski definition) is 3. The fourth-order valence-corrected chi connectivity index (χ4v) is 1.54. The Balaban J connectivity index is 2.90. The molecule has 1 N–H and O–H groups in total. The fraction of sp³-hybridized carbons (Fsp3) is 0.467. The second-order valence-electron chi connectivity index (χ2n) is 5.42. The molecule has 110 valence electrons. The first-order valence-electron chi connectivity index (χ1n) is 6.44. The van der Waals surface area contributed by atoms with Gasteiger partial charge in [-0.05, 0) is 52.0 Å². The summed E-state index contributed by atoms with van der Waals surface area (Å²) in [4.78, 5) is 24.6. The molecule has 0 unspecified atom stereocenters. The third-order valence-corrected chi connectivity index (χ3v) is 3.14. The lowest BCUT2D eigenvalue weighted by atomic mass is 10.0. The van der Waals surface area contributed by atoms with Gasteiger partial charge in [-0.25, -0.2) is 4.79 Å². The Hall–Kier alpha value is -2.04. The second-order valence-corrected chi connectivity index (χ2v) is 5.42. The summed E-state index contributed by atoms with van der Waals surface area (Å²) in [5.41, 5.74) is -0.831. The number of amides is 1. The van der Waals surface area contributed by atoms with Crippen LogP contribution in [0.5, 0.6) is 5.75 Å². The SMILES string of the molecule is CC(C)Oc1ccc(C(=O)N(C)C(C)(C)C(=O)O)cc1. The van der Waals surface area contributed by atoms with Gasteiger partial charge >= 0.3 is 5.97 Å². The van der Waals surface area contributed by atoms with Gasteiger partial charge in [-0.1, -0.05) is 0 Å². The lowest BCUT2D eigenvalue weighted by Gasteiger charge is -2.31. The molecule has 0 bridgehead atoms. The molecule has 0 spiro atoms. The predicted molar refractivity (Wildman–Crippen MR) is 76.0 cm³/mol. The molecule has 1 aromatic rings. The van der Waals surface area contributed by atoms with Crippen LogP contribution in [-0.2, 0) is 4.79 Å². The molecule has 5 heteroatoms. The molecule has 1 rings (SSSR count). The van der Waals surface area contributed by atoms with Crippen molar-refractivity contribution in [3.05, 3.63) is 29.8 Å². The topological polar surface area (TPSA) is 66.8 Å². The predicted octanol–water partition coefficient (Wildman–Crippen LogP) is 2.41. The molecule has 20 heavy (non-hydrogen) atoms. The number of carboxylic acids is 1. The normalized spacial score (nSPS) is 11.3. The summed E-state index contributed by atoms with van der Waals surface area (Å²) in [5, 5.41) is 9.14. The number of benzene rings is 1. The second kappa shape index (κ2) is 5.94. The average molecular weight is 279 g/mol. The smallest absolute Gasteiger partial charge is 0.329 e. The molecular weight excluding hydrogens is 258 g/mol. The fourth-order valence-electron chi connectivity index (χ4n) is 1.54. The Kier molecular flexibility index (Phi) is 4.76. The van der Waals surface area contributed by atoms with Crippen molar-refractivity contribution >= 4 is 11.9 Å². The number of carbonyl (C=O) groups excluding carboxylic acids is 1. The van der Waals surface area contributed by atoms with E-state index in [4.69, 9.17) is 9.84 Å². The summed E-state index contributed by atoms with van der Waals surface area (Å²) in [6.45, 7) is 6.82. The van der Waals surface area contributed by atoms with Crippen molar-refractivity contribution in [2.75, 3.05) is 7.05 Å². The molecule has 1 amide bonds. The molecule has 0 saturated heterocycles. The van der Waals surface area contributed by atoms with Gasteiger partial charge in [-0.15, -0.1) is 0 Å². The summed E-state index contributed by atoms with van der Waals surface area (Å²) in [6, 6.07) is 6.67. The summed E-state index contributed by atoms with van der Waals surface area (Å²) < 4.78 is 5.50. The number of likely N-dealkylation sites (N-methyl/N-ethyl adjacent to an activating group) is 1. The monoisotopic (exact) mass is 279 g/mol. The van der Waals surface area contributed by atoms with E-state index < -0.39 is 11.5 Å². The van der Waals surface area contributed by atoms with E-state index in [1.165, 1.54) is 25.8 Å². The van der Waals surface area contributed by atoms with Gasteiger partial charge in [0.1, 0.15) is 11.3 Å². The molecule has 0 radical (unpaired) electrons. The molecule has 0 atom stereocenters. The van der Waals surface area contributed by atoms with Crippen LogP contribution >= 0.6 is 0 Å². The van der Waals surface area contributed by atoms with E-state index in [0.29, 0.717) is 11.3 Å². The Morgan fingerprint density at radius 3 is 2.10 bits per heavy atom. The zero-order valence-electron chi connectivity index (χ0n) is 12.5. The van der Waals surface area contributed by atoms with Crippen LogP contribution in [0.25, 0.3) is 0 Å². The molecule has 1 aromatic carbocycles. The number of aliphatic carboxylic acids is 1. The van der Waals surface area contributed by atoms with E-state index in [-0.39, 0.29) is 12.0 Å². The number of carboxylic acid groups (broad SMARTS) is 1. The summed E-state index contributed by atoms with van der Waals surface area (Å²) in [7, 11) is 1.48. The molecule has 5 nitrogen and oxygen atoms in total. The maximum absolute atomic E-state index is 12.3. The third-order valence-electron chi connectivity index (χ3n) is 3.14. The van der Waals surface area contributed by atoms with Crippen LogP contribution in [-0.4, -0.2) is 40.6 Å². The van der Waals surface area contributed by atoms with Gasteiger partial charge in [-0.2, -0.15) is 0 Å². The van der Waals surface area contributed by atoms with Crippen LogP contribution in [0.2, 0.25) is 0 Å². The van der Waals surface area contributed by atoms with Crippen molar-refractivity contribution in [3.63, 3.8) is 0 Å². The first-order chi connectivity index (χ1) is 9.16. The molecular formula is C15H21NO4. The number of hydrogen-bond donors (Lipinski definition) is 1. The number of nitrogens with zero attached hydrogens (tertiary/aromatic N) is 1. The van der Waals surface area contributed by atoms with Crippen molar-refractivity contribution in [1.29, 1.82) is 0 Å². The highest BCUT2D eigenvalue weighted by Crippen LogP contribution is 2.19. The molecule has 0 fully saturated rings. The molecule has 0 heterocycles. The number of carbonyl (C=O) groups is 2. The first kappa shape index (κ1) is 16.0. The van der Waals surface area contributed by atoms with Crippen molar-refractivity contribution < 1.29 is 19.4 Å². The summed E-state index contributed by atoms with van der Waals surface area (Å²) >= 11 is 0. The van der Waals surface area contributed by atoms with E-state index in [9.17, 15) is 9.59 Å². The summed E-state index contributed by atoms with van der Waals surface area (Å²) in [5.74, 6) is -0.710. The van der Waals surface area contributed by atoms with E-state index in [2.05, 4.69) is 0 Å². The van der Waals surface area contributed by atoms with Crippen LogP contribution in [0.4, 0.5) is 0 Å². The minimum Gasteiger partial charge on any atom is -0.491 e.